The standard InChI is InChI=1S/C23H43NO3/c1-8-15-24(26-9-2)16-12-20-17-25-23(27-20)13-10-19(11-14-23)22(6,7)18-21(3,4)5/h8,19-20H,1,9-18H2,2-7H3. The van der Waals surface area contributed by atoms with Crippen LogP contribution in [-0.4, -0.2) is 43.3 Å². The van der Waals surface area contributed by atoms with Crippen molar-refractivity contribution in [2.24, 2.45) is 16.7 Å². The van der Waals surface area contributed by atoms with Gasteiger partial charge in [0, 0.05) is 25.9 Å². The monoisotopic (exact) mass is 381 g/mol. The van der Waals surface area contributed by atoms with E-state index >= 15 is 0 Å². The Morgan fingerprint density at radius 2 is 1.85 bits per heavy atom. The number of hydrogen-bond acceptors (Lipinski definition) is 4. The summed E-state index contributed by atoms with van der Waals surface area (Å²) in [6.07, 6.45) is 8.73. The quantitative estimate of drug-likeness (QED) is 0.385. The molecule has 0 amide bonds. The third-order valence-electron chi connectivity index (χ3n) is 6.10. The van der Waals surface area contributed by atoms with Crippen molar-refractivity contribution < 1.29 is 14.3 Å². The lowest BCUT2D eigenvalue weighted by Crippen LogP contribution is -2.40. The van der Waals surface area contributed by atoms with Gasteiger partial charge in [0.15, 0.2) is 5.79 Å². The van der Waals surface area contributed by atoms with E-state index in [4.69, 9.17) is 14.3 Å². The first kappa shape index (κ1) is 22.9. The Hall–Kier alpha value is -0.420. The summed E-state index contributed by atoms with van der Waals surface area (Å²) in [5, 5.41) is 1.97. The molecule has 1 aliphatic carbocycles. The summed E-state index contributed by atoms with van der Waals surface area (Å²) < 4.78 is 12.6. The molecule has 0 aromatic heterocycles. The molecule has 0 N–H and O–H groups in total. The molecule has 1 spiro atoms. The van der Waals surface area contributed by atoms with E-state index in [0.29, 0.717) is 24.0 Å². The minimum absolute atomic E-state index is 0.178. The highest BCUT2D eigenvalue weighted by Gasteiger charge is 2.47. The van der Waals surface area contributed by atoms with Crippen LogP contribution >= 0.6 is 0 Å². The van der Waals surface area contributed by atoms with Crippen molar-refractivity contribution in [3.05, 3.63) is 12.7 Å². The number of rotatable bonds is 9. The molecule has 0 radical (unpaired) electrons. The van der Waals surface area contributed by atoms with Gasteiger partial charge in [-0.3, -0.25) is 4.84 Å². The Morgan fingerprint density at radius 1 is 1.19 bits per heavy atom. The first-order valence-electron chi connectivity index (χ1n) is 10.9. The number of hydrogen-bond donors (Lipinski definition) is 0. The van der Waals surface area contributed by atoms with Crippen LogP contribution < -0.4 is 0 Å². The van der Waals surface area contributed by atoms with Crippen LogP contribution in [0.15, 0.2) is 12.7 Å². The largest absolute Gasteiger partial charge is 0.347 e. The molecule has 27 heavy (non-hydrogen) atoms. The van der Waals surface area contributed by atoms with Gasteiger partial charge < -0.3 is 9.47 Å². The van der Waals surface area contributed by atoms with Gasteiger partial charge in [0.2, 0.25) is 0 Å². The van der Waals surface area contributed by atoms with Gasteiger partial charge in [-0.25, -0.2) is 0 Å². The van der Waals surface area contributed by atoms with Gasteiger partial charge in [-0.15, -0.1) is 6.58 Å². The van der Waals surface area contributed by atoms with Crippen molar-refractivity contribution in [1.29, 1.82) is 0 Å². The highest BCUT2D eigenvalue weighted by Crippen LogP contribution is 2.49. The Balaban J connectivity index is 1.80. The predicted octanol–water partition coefficient (Wildman–Crippen LogP) is 5.58. The molecule has 1 saturated carbocycles. The fourth-order valence-electron chi connectivity index (χ4n) is 5.19. The summed E-state index contributed by atoms with van der Waals surface area (Å²) in [5.74, 6) is 0.433. The van der Waals surface area contributed by atoms with Crippen molar-refractivity contribution in [3.8, 4) is 0 Å². The van der Waals surface area contributed by atoms with Crippen LogP contribution in [0.3, 0.4) is 0 Å². The van der Waals surface area contributed by atoms with Crippen LogP contribution in [-0.2, 0) is 14.3 Å². The van der Waals surface area contributed by atoms with Gasteiger partial charge in [0.05, 0.1) is 19.3 Å². The van der Waals surface area contributed by atoms with E-state index in [-0.39, 0.29) is 11.9 Å². The highest BCUT2D eigenvalue weighted by molar-refractivity contribution is 4.91. The van der Waals surface area contributed by atoms with Crippen LogP contribution in [0.4, 0.5) is 0 Å². The molecule has 2 aliphatic rings. The lowest BCUT2D eigenvalue weighted by Gasteiger charge is -2.45. The second kappa shape index (κ2) is 9.39. The minimum Gasteiger partial charge on any atom is -0.347 e. The molecule has 1 heterocycles. The van der Waals surface area contributed by atoms with Crippen LogP contribution in [0, 0.1) is 16.7 Å². The third kappa shape index (κ3) is 6.85. The molecule has 0 bridgehead atoms. The summed E-state index contributed by atoms with van der Waals surface area (Å²) in [7, 11) is 0. The Bertz CT molecular complexity index is 461. The van der Waals surface area contributed by atoms with Gasteiger partial charge in [-0.1, -0.05) is 40.7 Å². The van der Waals surface area contributed by atoms with E-state index in [0.717, 1.165) is 38.3 Å². The molecule has 1 unspecified atom stereocenters. The molecule has 158 valence electrons. The number of nitrogens with zero attached hydrogens (tertiary/aromatic N) is 1. The minimum atomic E-state index is -0.326. The maximum atomic E-state index is 6.43. The topological polar surface area (TPSA) is 30.9 Å². The Labute approximate surface area is 167 Å². The Morgan fingerprint density at radius 3 is 2.41 bits per heavy atom. The average molecular weight is 382 g/mol. The molecule has 2 rings (SSSR count). The first-order valence-corrected chi connectivity index (χ1v) is 10.9. The first-order chi connectivity index (χ1) is 12.6. The normalized spacial score (nSPS) is 29.6. The van der Waals surface area contributed by atoms with Crippen LogP contribution in [0.2, 0.25) is 0 Å². The van der Waals surface area contributed by atoms with Gasteiger partial charge >= 0.3 is 0 Å². The zero-order valence-corrected chi connectivity index (χ0v) is 18.7. The summed E-state index contributed by atoms with van der Waals surface area (Å²) in [5.41, 5.74) is 0.752. The molecule has 0 aromatic carbocycles. The van der Waals surface area contributed by atoms with Crippen LogP contribution in [0.25, 0.3) is 0 Å². The molecule has 0 aromatic rings. The summed E-state index contributed by atoms with van der Waals surface area (Å²) in [4.78, 5) is 5.64. The van der Waals surface area contributed by atoms with E-state index in [1.54, 1.807) is 0 Å². The fourth-order valence-corrected chi connectivity index (χ4v) is 5.19. The van der Waals surface area contributed by atoms with Crippen molar-refractivity contribution >= 4 is 0 Å². The van der Waals surface area contributed by atoms with Gasteiger partial charge in [-0.05, 0) is 49.4 Å². The molecular weight excluding hydrogens is 338 g/mol. The molecule has 4 nitrogen and oxygen atoms in total. The van der Waals surface area contributed by atoms with Crippen molar-refractivity contribution in [3.63, 3.8) is 0 Å². The second-order valence-electron chi connectivity index (χ2n) is 10.3. The van der Waals surface area contributed by atoms with Crippen molar-refractivity contribution in [1.82, 2.24) is 5.06 Å². The molecule has 4 heteroatoms. The van der Waals surface area contributed by atoms with Crippen LogP contribution in [0.1, 0.15) is 80.1 Å². The maximum Gasteiger partial charge on any atom is 0.168 e. The van der Waals surface area contributed by atoms with E-state index in [9.17, 15) is 0 Å². The van der Waals surface area contributed by atoms with Gasteiger partial charge in [0.1, 0.15) is 0 Å². The molecule has 1 atom stereocenters. The third-order valence-corrected chi connectivity index (χ3v) is 6.10. The lowest BCUT2D eigenvalue weighted by atomic mass is 9.64. The van der Waals surface area contributed by atoms with Crippen molar-refractivity contribution in [2.75, 3.05) is 26.3 Å². The zero-order valence-electron chi connectivity index (χ0n) is 18.7. The van der Waals surface area contributed by atoms with Crippen molar-refractivity contribution in [2.45, 2.75) is 92.0 Å². The zero-order chi connectivity index (χ0) is 20.1. The summed E-state index contributed by atoms with van der Waals surface area (Å²) >= 11 is 0. The maximum absolute atomic E-state index is 6.43. The fraction of sp³-hybridized carbons (Fsp3) is 0.913. The Kier molecular flexibility index (Phi) is 7.95. The summed E-state index contributed by atoms with van der Waals surface area (Å²) in [6, 6.07) is 0. The highest BCUT2D eigenvalue weighted by atomic mass is 16.7. The van der Waals surface area contributed by atoms with E-state index in [1.165, 1.54) is 19.3 Å². The SMILES string of the molecule is C=CCN(CCC1COC2(CCC(C(C)(C)CC(C)(C)C)CC2)O1)OCC. The molecule has 1 aliphatic heterocycles. The molecular formula is C23H43NO3. The van der Waals surface area contributed by atoms with E-state index in [2.05, 4.69) is 41.2 Å². The summed E-state index contributed by atoms with van der Waals surface area (Å²) in [6.45, 7) is 20.8. The average Bonchev–Trinajstić information content (AvgIpc) is 2.94. The van der Waals surface area contributed by atoms with E-state index in [1.807, 2.05) is 18.1 Å². The number of ether oxygens (including phenoxy) is 2. The van der Waals surface area contributed by atoms with Gasteiger partial charge in [-0.2, -0.15) is 5.06 Å². The lowest BCUT2D eigenvalue weighted by molar-refractivity contribution is -0.201. The molecule has 1 saturated heterocycles. The second-order valence-corrected chi connectivity index (χ2v) is 10.3. The smallest absolute Gasteiger partial charge is 0.168 e. The van der Waals surface area contributed by atoms with Gasteiger partial charge in [0.25, 0.3) is 0 Å². The van der Waals surface area contributed by atoms with E-state index < -0.39 is 0 Å². The molecule has 2 fully saturated rings. The number of hydroxylamine groups is 2. The van der Waals surface area contributed by atoms with Crippen LogP contribution in [0.5, 0.6) is 0 Å². The predicted molar refractivity (Wildman–Crippen MR) is 111 cm³/mol.